The number of aliphatic hydroxyl groups excluding tert-OH is 1. The van der Waals surface area contributed by atoms with Gasteiger partial charge in [0.2, 0.25) is 11.8 Å². The van der Waals surface area contributed by atoms with Crippen molar-refractivity contribution in [2.75, 3.05) is 10.2 Å². The maximum absolute atomic E-state index is 12.8. The van der Waals surface area contributed by atoms with Crippen LogP contribution < -0.4 is 10.2 Å². The van der Waals surface area contributed by atoms with E-state index >= 15 is 0 Å². The molecule has 26 heavy (non-hydrogen) atoms. The van der Waals surface area contributed by atoms with Crippen LogP contribution in [0.3, 0.4) is 0 Å². The molecular weight excluding hydrogens is 354 g/mol. The molecule has 0 spiro atoms. The third-order valence-electron chi connectivity index (χ3n) is 4.64. The van der Waals surface area contributed by atoms with E-state index in [0.29, 0.717) is 23.7 Å². The number of hydrogen-bond donors (Lipinski definition) is 2. The number of anilines is 2. The summed E-state index contributed by atoms with van der Waals surface area (Å²) in [7, 11) is 0. The van der Waals surface area contributed by atoms with E-state index in [0.717, 1.165) is 16.9 Å². The topological polar surface area (TPSA) is 78.6 Å². The number of carbonyl (C=O) groups excluding carboxylic acids is 1. The highest BCUT2D eigenvalue weighted by Crippen LogP contribution is 2.33. The summed E-state index contributed by atoms with van der Waals surface area (Å²) in [5.41, 5.74) is 2.27. The monoisotopic (exact) mass is 377 g/mol. The largest absolute Gasteiger partial charge is 0.374 e. The summed E-state index contributed by atoms with van der Waals surface area (Å²) < 4.78 is 5.24. The van der Waals surface area contributed by atoms with Crippen molar-refractivity contribution in [1.29, 1.82) is 0 Å². The standard InChI is InChI=1S/C19H24ClN3O3/c1-11-5-6-12(9-13(11)20)23-14(7-8-17(23)24)18(25)21-16-10-15(22-26-16)19(2,3)4/h5-6,9-10,14,17,24H,7-8H2,1-4H3,(H,21,25)/t14-,17?/m0/s1. The zero-order valence-corrected chi connectivity index (χ0v) is 16.2. The number of halogens is 1. The molecule has 1 amide bonds. The van der Waals surface area contributed by atoms with E-state index in [1.54, 1.807) is 17.0 Å². The molecule has 1 aromatic carbocycles. The Balaban J connectivity index is 1.79. The second-order valence-corrected chi connectivity index (χ2v) is 8.14. The normalized spacial score (nSPS) is 20.5. The molecule has 140 valence electrons. The summed E-state index contributed by atoms with van der Waals surface area (Å²) in [5.74, 6) is 0.0676. The summed E-state index contributed by atoms with van der Waals surface area (Å²) in [4.78, 5) is 14.5. The Morgan fingerprint density at radius 3 is 2.69 bits per heavy atom. The first kappa shape index (κ1) is 18.7. The van der Waals surface area contributed by atoms with Gasteiger partial charge in [-0.2, -0.15) is 0 Å². The molecule has 2 atom stereocenters. The number of carbonyl (C=O) groups is 1. The van der Waals surface area contributed by atoms with Gasteiger partial charge >= 0.3 is 0 Å². The summed E-state index contributed by atoms with van der Waals surface area (Å²) in [6.45, 7) is 7.97. The van der Waals surface area contributed by atoms with Gasteiger partial charge in [-0.3, -0.25) is 10.1 Å². The van der Waals surface area contributed by atoms with Gasteiger partial charge in [0.05, 0.1) is 5.69 Å². The predicted molar refractivity (Wildman–Crippen MR) is 102 cm³/mol. The van der Waals surface area contributed by atoms with Gasteiger partial charge in [-0.05, 0) is 37.5 Å². The molecule has 0 saturated carbocycles. The Kier molecular flexibility index (Phi) is 4.99. The fraction of sp³-hybridized carbons (Fsp3) is 0.474. The van der Waals surface area contributed by atoms with Gasteiger partial charge in [0, 0.05) is 22.2 Å². The highest BCUT2D eigenvalue weighted by Gasteiger charge is 2.37. The number of amides is 1. The Morgan fingerprint density at radius 1 is 1.35 bits per heavy atom. The van der Waals surface area contributed by atoms with Crippen molar-refractivity contribution in [2.45, 2.75) is 58.2 Å². The molecule has 0 bridgehead atoms. The van der Waals surface area contributed by atoms with Crippen molar-refractivity contribution >= 4 is 29.1 Å². The van der Waals surface area contributed by atoms with Crippen LogP contribution in [0.25, 0.3) is 0 Å². The number of hydrogen-bond acceptors (Lipinski definition) is 5. The van der Waals surface area contributed by atoms with Crippen LogP contribution in [-0.4, -0.2) is 28.4 Å². The average molecular weight is 378 g/mol. The van der Waals surface area contributed by atoms with Gasteiger partial charge in [-0.1, -0.05) is 43.6 Å². The Labute approximate surface area is 158 Å². The van der Waals surface area contributed by atoms with Crippen molar-refractivity contribution < 1.29 is 14.4 Å². The van der Waals surface area contributed by atoms with Crippen molar-refractivity contribution in [3.8, 4) is 0 Å². The Hall–Kier alpha value is -2.05. The molecule has 1 aliphatic heterocycles. The van der Waals surface area contributed by atoms with Crippen LogP contribution in [0.15, 0.2) is 28.8 Å². The average Bonchev–Trinajstić information content (AvgIpc) is 3.16. The number of aliphatic hydroxyl groups is 1. The Morgan fingerprint density at radius 2 is 2.08 bits per heavy atom. The summed E-state index contributed by atoms with van der Waals surface area (Å²) in [5, 5.41) is 17.7. The predicted octanol–water partition coefficient (Wildman–Crippen LogP) is 3.86. The van der Waals surface area contributed by atoms with Crippen LogP contribution in [0.4, 0.5) is 11.6 Å². The third-order valence-corrected chi connectivity index (χ3v) is 5.04. The fourth-order valence-electron chi connectivity index (χ4n) is 3.04. The minimum atomic E-state index is -0.732. The van der Waals surface area contributed by atoms with E-state index in [-0.39, 0.29) is 11.3 Å². The molecular formula is C19H24ClN3O3. The first-order chi connectivity index (χ1) is 12.2. The fourth-order valence-corrected chi connectivity index (χ4v) is 3.21. The number of aryl methyl sites for hydroxylation is 1. The van der Waals surface area contributed by atoms with Crippen LogP contribution in [0, 0.1) is 6.92 Å². The van der Waals surface area contributed by atoms with Crippen molar-refractivity contribution in [1.82, 2.24) is 5.16 Å². The molecule has 2 aromatic rings. The number of nitrogens with zero attached hydrogens (tertiary/aromatic N) is 2. The van der Waals surface area contributed by atoms with Crippen molar-refractivity contribution in [3.63, 3.8) is 0 Å². The molecule has 1 unspecified atom stereocenters. The van der Waals surface area contributed by atoms with E-state index in [9.17, 15) is 9.90 Å². The first-order valence-electron chi connectivity index (χ1n) is 8.67. The molecule has 7 heteroatoms. The lowest BCUT2D eigenvalue weighted by atomic mass is 9.92. The van der Waals surface area contributed by atoms with Crippen LogP contribution in [0.2, 0.25) is 5.02 Å². The molecule has 2 N–H and O–H groups in total. The second-order valence-electron chi connectivity index (χ2n) is 7.73. The quantitative estimate of drug-likeness (QED) is 0.849. The lowest BCUT2D eigenvalue weighted by molar-refractivity contribution is -0.117. The maximum atomic E-state index is 12.8. The summed E-state index contributed by atoms with van der Waals surface area (Å²) in [6, 6.07) is 6.74. The van der Waals surface area contributed by atoms with Crippen molar-refractivity contribution in [3.05, 3.63) is 40.5 Å². The van der Waals surface area contributed by atoms with E-state index in [1.165, 1.54) is 0 Å². The van der Waals surface area contributed by atoms with Gasteiger partial charge in [0.1, 0.15) is 12.3 Å². The zero-order chi connectivity index (χ0) is 19.1. The molecule has 1 aliphatic rings. The summed E-state index contributed by atoms with van der Waals surface area (Å²) >= 11 is 6.21. The second kappa shape index (κ2) is 6.93. The van der Waals surface area contributed by atoms with Gasteiger partial charge in [-0.25, -0.2) is 0 Å². The van der Waals surface area contributed by atoms with Crippen LogP contribution in [-0.2, 0) is 10.2 Å². The minimum absolute atomic E-state index is 0.166. The third kappa shape index (κ3) is 3.71. The first-order valence-corrected chi connectivity index (χ1v) is 9.05. The van der Waals surface area contributed by atoms with E-state index < -0.39 is 12.3 Å². The van der Waals surface area contributed by atoms with Gasteiger partial charge < -0.3 is 14.5 Å². The molecule has 1 saturated heterocycles. The van der Waals surface area contributed by atoms with E-state index in [2.05, 4.69) is 10.5 Å². The van der Waals surface area contributed by atoms with Crippen LogP contribution in [0.5, 0.6) is 0 Å². The lowest BCUT2D eigenvalue weighted by Gasteiger charge is -2.29. The molecule has 1 aromatic heterocycles. The van der Waals surface area contributed by atoms with Gasteiger partial charge in [0.25, 0.3) is 0 Å². The smallest absolute Gasteiger partial charge is 0.249 e. The lowest BCUT2D eigenvalue weighted by Crippen LogP contribution is -2.43. The highest BCUT2D eigenvalue weighted by atomic mass is 35.5. The molecule has 0 radical (unpaired) electrons. The van der Waals surface area contributed by atoms with Gasteiger partial charge in [-0.15, -0.1) is 0 Å². The number of nitrogens with one attached hydrogen (secondary N) is 1. The summed E-state index contributed by atoms with van der Waals surface area (Å²) in [6.07, 6.45) is 0.316. The number of benzene rings is 1. The molecule has 3 rings (SSSR count). The number of rotatable bonds is 3. The van der Waals surface area contributed by atoms with Crippen LogP contribution in [0.1, 0.15) is 44.9 Å². The van der Waals surface area contributed by atoms with E-state index in [4.69, 9.17) is 16.1 Å². The molecule has 0 aliphatic carbocycles. The van der Waals surface area contributed by atoms with E-state index in [1.807, 2.05) is 39.8 Å². The molecule has 1 fully saturated rings. The highest BCUT2D eigenvalue weighted by molar-refractivity contribution is 6.31. The SMILES string of the molecule is Cc1ccc(N2C(O)CC[C@H]2C(=O)Nc2cc(C(C)(C)C)no2)cc1Cl. The van der Waals surface area contributed by atoms with Crippen molar-refractivity contribution in [2.24, 2.45) is 0 Å². The Bertz CT molecular complexity index is 813. The van der Waals surface area contributed by atoms with Gasteiger partial charge in [0.15, 0.2) is 0 Å². The number of aromatic nitrogens is 1. The minimum Gasteiger partial charge on any atom is -0.374 e. The maximum Gasteiger partial charge on any atom is 0.249 e. The van der Waals surface area contributed by atoms with Crippen LogP contribution >= 0.6 is 11.6 Å². The molecule has 2 heterocycles. The zero-order valence-electron chi connectivity index (χ0n) is 15.4. The molecule has 6 nitrogen and oxygen atoms in total.